The topological polar surface area (TPSA) is 91.3 Å². The summed E-state index contributed by atoms with van der Waals surface area (Å²) < 4.78 is 35.3. The Kier molecular flexibility index (Phi) is 52.6. The second-order valence-electron chi connectivity index (χ2n) is 21.0. The summed E-state index contributed by atoms with van der Waals surface area (Å²) in [6.45, 7) is 5.60. The number of esters is 1. The number of carbonyl (C=O) groups is 1. The summed E-state index contributed by atoms with van der Waals surface area (Å²) in [5, 5.41) is 0. The van der Waals surface area contributed by atoms with Crippen molar-refractivity contribution in [3.05, 3.63) is 72.9 Å². The first-order valence-electron chi connectivity index (χ1n) is 29.7. The molecule has 0 aromatic heterocycles. The molecule has 0 rings (SSSR count). The Bertz CT molecular complexity index is 1370. The standard InChI is InChI=1S/C62H114NO7P/c1-6-8-10-12-14-16-18-20-22-24-26-28-30-32-33-35-37-39-41-43-45-47-49-51-53-55-62(64)70-61(60-69-71(65,66)68-58-56-63(3,4)5)59-67-57-54-52-50-48-46-44-42-40-38-36-34-31-29-27-25-23-21-19-17-15-13-11-9-7-2/h18-21,24-27,30-32,34,61H,6-17,22-23,28-29,33,35-60H2,1-5H3/p+1/b20-18-,21-19-,26-24-,27-25-,32-30-,34-31-. The van der Waals surface area contributed by atoms with Gasteiger partial charge in [-0.3, -0.25) is 13.8 Å². The third-order valence-electron chi connectivity index (χ3n) is 12.7. The Morgan fingerprint density at radius 2 is 0.775 bits per heavy atom. The van der Waals surface area contributed by atoms with E-state index in [1.54, 1.807) is 0 Å². The second-order valence-corrected chi connectivity index (χ2v) is 22.5. The van der Waals surface area contributed by atoms with E-state index in [-0.39, 0.29) is 25.8 Å². The van der Waals surface area contributed by atoms with E-state index in [9.17, 15) is 14.3 Å². The number of hydrogen-bond acceptors (Lipinski definition) is 6. The summed E-state index contributed by atoms with van der Waals surface area (Å²) >= 11 is 0. The van der Waals surface area contributed by atoms with Crippen molar-refractivity contribution in [3.63, 3.8) is 0 Å². The number of ether oxygens (including phenoxy) is 2. The van der Waals surface area contributed by atoms with Crippen molar-refractivity contribution in [1.29, 1.82) is 0 Å². The minimum absolute atomic E-state index is 0.0838. The summed E-state index contributed by atoms with van der Waals surface area (Å²) in [6.07, 6.45) is 72.5. The predicted molar refractivity (Wildman–Crippen MR) is 307 cm³/mol. The quantitative estimate of drug-likeness (QED) is 0.0213. The highest BCUT2D eigenvalue weighted by molar-refractivity contribution is 7.47. The molecule has 0 saturated carbocycles. The maximum absolute atomic E-state index is 12.8. The van der Waals surface area contributed by atoms with Gasteiger partial charge in [-0.15, -0.1) is 0 Å². The highest BCUT2D eigenvalue weighted by Crippen LogP contribution is 2.43. The van der Waals surface area contributed by atoms with Crippen molar-refractivity contribution in [2.24, 2.45) is 0 Å². The average molecular weight is 1020 g/mol. The van der Waals surface area contributed by atoms with E-state index in [4.69, 9.17) is 18.5 Å². The smallest absolute Gasteiger partial charge is 0.457 e. The number of carbonyl (C=O) groups excluding carboxylic acids is 1. The van der Waals surface area contributed by atoms with Gasteiger partial charge in [-0.25, -0.2) is 4.57 Å². The van der Waals surface area contributed by atoms with Gasteiger partial charge in [0.05, 0.1) is 34.4 Å². The van der Waals surface area contributed by atoms with Crippen molar-refractivity contribution in [2.75, 3.05) is 54.1 Å². The van der Waals surface area contributed by atoms with Crippen molar-refractivity contribution < 1.29 is 37.3 Å². The van der Waals surface area contributed by atoms with E-state index in [1.807, 2.05) is 21.1 Å². The van der Waals surface area contributed by atoms with Crippen LogP contribution in [0.2, 0.25) is 0 Å². The third-order valence-corrected chi connectivity index (χ3v) is 13.7. The van der Waals surface area contributed by atoms with Crippen LogP contribution in [-0.2, 0) is 27.9 Å². The molecule has 0 radical (unpaired) electrons. The Morgan fingerprint density at radius 3 is 1.15 bits per heavy atom. The van der Waals surface area contributed by atoms with E-state index in [0.29, 0.717) is 24.1 Å². The zero-order valence-corrected chi connectivity index (χ0v) is 48.1. The van der Waals surface area contributed by atoms with Crippen molar-refractivity contribution >= 4 is 13.8 Å². The predicted octanol–water partition coefficient (Wildman–Crippen LogP) is 19.0. The molecular weight excluding hydrogens is 902 g/mol. The number of phosphoric acid groups is 1. The molecular formula is C62H115NO7P+. The number of rotatable bonds is 55. The van der Waals surface area contributed by atoms with Crippen LogP contribution in [0.5, 0.6) is 0 Å². The first kappa shape index (κ1) is 68.9. The zero-order valence-electron chi connectivity index (χ0n) is 47.2. The molecule has 0 aliphatic carbocycles. The number of quaternary nitrogens is 1. The molecule has 0 heterocycles. The van der Waals surface area contributed by atoms with E-state index in [1.165, 1.54) is 180 Å². The van der Waals surface area contributed by atoms with Gasteiger partial charge in [-0.1, -0.05) is 234 Å². The van der Waals surface area contributed by atoms with Crippen LogP contribution in [0.15, 0.2) is 72.9 Å². The Hall–Kier alpha value is -2.06. The molecule has 0 aliphatic heterocycles. The van der Waals surface area contributed by atoms with Crippen LogP contribution in [0, 0.1) is 0 Å². The molecule has 0 saturated heterocycles. The number of hydrogen-bond donors (Lipinski definition) is 1. The summed E-state index contributed by atoms with van der Waals surface area (Å²) in [4.78, 5) is 23.1. The lowest BCUT2D eigenvalue weighted by Crippen LogP contribution is -2.37. The molecule has 0 amide bonds. The lowest BCUT2D eigenvalue weighted by molar-refractivity contribution is -0.870. The molecule has 0 bridgehead atoms. The Labute approximate surface area is 440 Å². The van der Waals surface area contributed by atoms with Gasteiger partial charge in [-0.2, -0.15) is 0 Å². The van der Waals surface area contributed by atoms with Crippen LogP contribution in [0.3, 0.4) is 0 Å². The number of allylic oxidation sites excluding steroid dienone is 12. The minimum atomic E-state index is -4.29. The van der Waals surface area contributed by atoms with Gasteiger partial charge in [0.25, 0.3) is 0 Å². The Morgan fingerprint density at radius 1 is 0.437 bits per heavy atom. The van der Waals surface area contributed by atoms with Crippen LogP contribution in [0.25, 0.3) is 0 Å². The van der Waals surface area contributed by atoms with Crippen LogP contribution < -0.4 is 0 Å². The first-order chi connectivity index (χ1) is 34.6. The number of likely N-dealkylation sites (N-methyl/N-ethyl adjacent to an activating group) is 1. The third kappa shape index (κ3) is 58.7. The molecule has 0 fully saturated rings. The number of nitrogens with zero attached hydrogens (tertiary/aromatic N) is 1. The van der Waals surface area contributed by atoms with E-state index >= 15 is 0 Å². The van der Waals surface area contributed by atoms with Crippen molar-refractivity contribution in [3.8, 4) is 0 Å². The fourth-order valence-corrected chi connectivity index (χ4v) is 8.90. The minimum Gasteiger partial charge on any atom is -0.457 e. The van der Waals surface area contributed by atoms with Crippen molar-refractivity contribution in [1.82, 2.24) is 0 Å². The van der Waals surface area contributed by atoms with Crippen LogP contribution >= 0.6 is 7.82 Å². The van der Waals surface area contributed by atoms with Crippen molar-refractivity contribution in [2.45, 2.75) is 264 Å². The molecule has 2 unspecified atom stereocenters. The van der Waals surface area contributed by atoms with Gasteiger partial charge in [0.2, 0.25) is 0 Å². The maximum Gasteiger partial charge on any atom is 0.472 e. The zero-order chi connectivity index (χ0) is 51.9. The second kappa shape index (κ2) is 54.2. The van der Waals surface area contributed by atoms with Crippen LogP contribution in [0.1, 0.15) is 258 Å². The monoisotopic (exact) mass is 1020 g/mol. The molecule has 2 atom stereocenters. The highest BCUT2D eigenvalue weighted by atomic mass is 31.2. The summed E-state index contributed by atoms with van der Waals surface area (Å²) in [6, 6.07) is 0. The van der Waals surface area contributed by atoms with Crippen LogP contribution in [-0.4, -0.2) is 75.6 Å². The fraction of sp³-hybridized carbons (Fsp3) is 0.790. The normalized spacial score (nSPS) is 13.9. The van der Waals surface area contributed by atoms with Gasteiger partial charge in [0.1, 0.15) is 19.3 Å². The molecule has 71 heavy (non-hydrogen) atoms. The molecule has 0 spiro atoms. The molecule has 1 N–H and O–H groups in total. The maximum atomic E-state index is 12.8. The fourth-order valence-electron chi connectivity index (χ4n) is 8.16. The van der Waals surface area contributed by atoms with Gasteiger partial charge in [-0.05, 0) is 89.9 Å². The molecule has 8 nitrogen and oxygen atoms in total. The molecule has 0 aromatic rings. The van der Waals surface area contributed by atoms with Gasteiger partial charge in [0.15, 0.2) is 0 Å². The largest absolute Gasteiger partial charge is 0.472 e. The van der Waals surface area contributed by atoms with Gasteiger partial charge < -0.3 is 18.9 Å². The van der Waals surface area contributed by atoms with Crippen LogP contribution in [0.4, 0.5) is 0 Å². The van der Waals surface area contributed by atoms with Gasteiger partial charge >= 0.3 is 13.8 Å². The summed E-state index contributed by atoms with van der Waals surface area (Å²) in [5.41, 5.74) is 0. The average Bonchev–Trinajstić information content (AvgIpc) is 3.33. The summed E-state index contributed by atoms with van der Waals surface area (Å²) in [5.74, 6) is -0.319. The molecule has 9 heteroatoms. The lowest BCUT2D eigenvalue weighted by Gasteiger charge is -2.24. The van der Waals surface area contributed by atoms with E-state index < -0.39 is 13.9 Å². The Balaban J connectivity index is 4.10. The van der Waals surface area contributed by atoms with E-state index in [2.05, 4.69) is 86.8 Å². The van der Waals surface area contributed by atoms with Gasteiger partial charge in [0, 0.05) is 13.0 Å². The molecule has 0 aromatic carbocycles. The molecule has 0 aliphatic rings. The lowest BCUT2D eigenvalue weighted by atomic mass is 10.0. The first-order valence-corrected chi connectivity index (χ1v) is 31.2. The van der Waals surface area contributed by atoms with E-state index in [0.717, 1.165) is 57.8 Å². The summed E-state index contributed by atoms with van der Waals surface area (Å²) in [7, 11) is 1.66. The SMILES string of the molecule is CCCCCCC/C=C\C/C=C\C/C=C\CCCCCCCCCCCCC(=O)OC(COCCCCCCCCCCC/C=C\C/C=C\C/C=C\CCCCCCC)COP(=O)(O)OCC[N+](C)(C)C. The molecule has 414 valence electrons. The number of unbranched alkanes of at least 4 members (excludes halogenated alkanes) is 29. The highest BCUT2D eigenvalue weighted by Gasteiger charge is 2.26. The number of phosphoric ester groups is 1.